The Bertz CT molecular complexity index is 766. The van der Waals surface area contributed by atoms with Crippen molar-refractivity contribution < 1.29 is 9.84 Å². The fourth-order valence-electron chi connectivity index (χ4n) is 2.05. The molecule has 0 radical (unpaired) electrons. The molecule has 21 heavy (non-hydrogen) atoms. The largest absolute Gasteiger partial charge is 0.497 e. The molecule has 0 atom stereocenters. The molecule has 0 fully saturated rings. The van der Waals surface area contributed by atoms with Gasteiger partial charge in [-0.3, -0.25) is 0 Å². The number of rotatable bonds is 4. The summed E-state index contributed by atoms with van der Waals surface area (Å²) in [4.78, 5) is 4.42. The molecule has 0 saturated carbocycles. The molecule has 0 aliphatic carbocycles. The molecular weight excluding hydrogens is 288 g/mol. The van der Waals surface area contributed by atoms with E-state index in [4.69, 9.17) is 4.74 Å². The van der Waals surface area contributed by atoms with Crippen molar-refractivity contribution in [2.45, 2.75) is 13.5 Å². The van der Waals surface area contributed by atoms with Crippen molar-refractivity contribution in [1.29, 1.82) is 0 Å². The van der Waals surface area contributed by atoms with Gasteiger partial charge in [0.25, 0.3) is 0 Å². The number of ether oxygens (including phenoxy) is 1. The predicted molar refractivity (Wildman–Crippen MR) is 79.7 cm³/mol. The Morgan fingerprint density at radius 3 is 2.90 bits per heavy atom. The van der Waals surface area contributed by atoms with E-state index in [0.29, 0.717) is 5.69 Å². The number of nitrogens with zero attached hydrogens (tertiary/aromatic N) is 4. The summed E-state index contributed by atoms with van der Waals surface area (Å²) < 4.78 is 6.90. The van der Waals surface area contributed by atoms with Crippen LogP contribution in [0.25, 0.3) is 16.4 Å². The molecule has 108 valence electrons. The van der Waals surface area contributed by atoms with Crippen molar-refractivity contribution in [3.8, 4) is 22.1 Å². The van der Waals surface area contributed by atoms with Gasteiger partial charge < -0.3 is 9.84 Å². The van der Waals surface area contributed by atoms with Gasteiger partial charge in [-0.25, -0.2) is 4.98 Å². The van der Waals surface area contributed by atoms with Gasteiger partial charge in [0.05, 0.1) is 19.4 Å². The fourth-order valence-corrected chi connectivity index (χ4v) is 2.80. The summed E-state index contributed by atoms with van der Waals surface area (Å²) in [6.45, 7) is 1.74. The standard InChI is InChI=1S/C14H14N4O2S/c1-9-8-21-14(15-9)18-13(12(7-19)16-17-18)10-4-3-5-11(6-10)20-2/h3-6,8,19H,7H2,1-2H3. The molecule has 0 saturated heterocycles. The summed E-state index contributed by atoms with van der Waals surface area (Å²) >= 11 is 1.48. The summed E-state index contributed by atoms with van der Waals surface area (Å²) in [5.74, 6) is 0.736. The monoisotopic (exact) mass is 302 g/mol. The van der Waals surface area contributed by atoms with Gasteiger partial charge in [0.15, 0.2) is 0 Å². The molecule has 0 amide bonds. The van der Waals surface area contributed by atoms with E-state index >= 15 is 0 Å². The van der Waals surface area contributed by atoms with Crippen molar-refractivity contribution >= 4 is 11.3 Å². The molecule has 0 aliphatic rings. The zero-order valence-corrected chi connectivity index (χ0v) is 12.5. The van der Waals surface area contributed by atoms with Gasteiger partial charge in [-0.05, 0) is 19.1 Å². The quantitative estimate of drug-likeness (QED) is 0.800. The van der Waals surface area contributed by atoms with Crippen LogP contribution < -0.4 is 4.74 Å². The van der Waals surface area contributed by atoms with Crippen LogP contribution in [0.2, 0.25) is 0 Å². The Hall–Kier alpha value is -2.25. The number of aliphatic hydroxyl groups is 1. The Kier molecular flexibility index (Phi) is 3.68. The van der Waals surface area contributed by atoms with Crippen molar-refractivity contribution in [1.82, 2.24) is 20.0 Å². The maximum absolute atomic E-state index is 9.51. The van der Waals surface area contributed by atoms with Gasteiger partial charge in [0.1, 0.15) is 17.1 Å². The van der Waals surface area contributed by atoms with Gasteiger partial charge in [-0.15, -0.1) is 16.4 Å². The molecule has 0 aliphatic heterocycles. The van der Waals surface area contributed by atoms with Crippen LogP contribution in [0.4, 0.5) is 0 Å². The van der Waals surface area contributed by atoms with E-state index in [1.807, 2.05) is 36.6 Å². The highest BCUT2D eigenvalue weighted by atomic mass is 32.1. The maximum Gasteiger partial charge on any atom is 0.212 e. The first kappa shape index (κ1) is 13.7. The molecule has 2 aromatic heterocycles. The lowest BCUT2D eigenvalue weighted by molar-refractivity contribution is 0.277. The molecule has 1 N–H and O–H groups in total. The van der Waals surface area contributed by atoms with Gasteiger partial charge in [-0.1, -0.05) is 17.3 Å². The topological polar surface area (TPSA) is 73.1 Å². The van der Waals surface area contributed by atoms with E-state index in [2.05, 4.69) is 15.3 Å². The molecule has 2 heterocycles. The second-order valence-electron chi connectivity index (χ2n) is 4.46. The van der Waals surface area contributed by atoms with E-state index in [1.54, 1.807) is 11.8 Å². The van der Waals surface area contributed by atoms with E-state index < -0.39 is 0 Å². The fraction of sp³-hybridized carbons (Fsp3) is 0.214. The molecule has 0 bridgehead atoms. The Morgan fingerprint density at radius 2 is 2.24 bits per heavy atom. The average molecular weight is 302 g/mol. The number of benzene rings is 1. The Labute approximate surface area is 125 Å². The van der Waals surface area contributed by atoms with Crippen LogP contribution in [0, 0.1) is 6.92 Å². The zero-order chi connectivity index (χ0) is 14.8. The minimum Gasteiger partial charge on any atom is -0.497 e. The zero-order valence-electron chi connectivity index (χ0n) is 11.6. The summed E-state index contributed by atoms with van der Waals surface area (Å²) in [7, 11) is 1.62. The highest BCUT2D eigenvalue weighted by Crippen LogP contribution is 2.29. The van der Waals surface area contributed by atoms with Crippen molar-refractivity contribution in [2.24, 2.45) is 0 Å². The molecular formula is C14H14N4O2S. The van der Waals surface area contributed by atoms with Crippen molar-refractivity contribution in [3.05, 3.63) is 41.0 Å². The number of thiazole rings is 1. The number of hydrogen-bond donors (Lipinski definition) is 1. The molecule has 3 aromatic rings. The molecule has 0 spiro atoms. The van der Waals surface area contributed by atoms with Gasteiger partial charge >= 0.3 is 0 Å². The molecule has 1 aromatic carbocycles. The van der Waals surface area contributed by atoms with Crippen LogP contribution >= 0.6 is 11.3 Å². The lowest BCUT2D eigenvalue weighted by atomic mass is 10.1. The molecule has 3 rings (SSSR count). The lowest BCUT2D eigenvalue weighted by Crippen LogP contribution is -2.00. The normalized spacial score (nSPS) is 10.8. The van der Waals surface area contributed by atoms with Crippen LogP contribution in [0.15, 0.2) is 29.6 Å². The third-order valence-electron chi connectivity index (χ3n) is 3.02. The number of aryl methyl sites for hydroxylation is 1. The van der Waals surface area contributed by atoms with E-state index in [9.17, 15) is 5.11 Å². The molecule has 6 nitrogen and oxygen atoms in total. The van der Waals surface area contributed by atoms with Crippen LogP contribution in [0.5, 0.6) is 5.75 Å². The minimum absolute atomic E-state index is 0.184. The number of aliphatic hydroxyl groups excluding tert-OH is 1. The van der Waals surface area contributed by atoms with Crippen molar-refractivity contribution in [3.63, 3.8) is 0 Å². The molecule has 7 heteroatoms. The predicted octanol–water partition coefficient (Wildman–Crippen LogP) is 2.20. The average Bonchev–Trinajstić information content (AvgIpc) is 3.12. The lowest BCUT2D eigenvalue weighted by Gasteiger charge is -2.07. The van der Waals surface area contributed by atoms with Crippen LogP contribution in [-0.4, -0.2) is 32.2 Å². The second kappa shape index (κ2) is 5.63. The first-order valence-electron chi connectivity index (χ1n) is 6.35. The third kappa shape index (κ3) is 2.53. The van der Waals surface area contributed by atoms with Crippen LogP contribution in [-0.2, 0) is 6.61 Å². The van der Waals surface area contributed by atoms with E-state index in [0.717, 1.165) is 27.8 Å². The third-order valence-corrected chi connectivity index (χ3v) is 3.96. The maximum atomic E-state index is 9.51. The Morgan fingerprint density at radius 1 is 1.38 bits per heavy atom. The van der Waals surface area contributed by atoms with Crippen LogP contribution in [0.3, 0.4) is 0 Å². The number of hydrogen-bond acceptors (Lipinski definition) is 6. The summed E-state index contributed by atoms with van der Waals surface area (Å²) in [6, 6.07) is 7.57. The summed E-state index contributed by atoms with van der Waals surface area (Å²) in [6.07, 6.45) is 0. The van der Waals surface area contributed by atoms with E-state index in [1.165, 1.54) is 11.3 Å². The van der Waals surface area contributed by atoms with Gasteiger partial charge in [-0.2, -0.15) is 4.68 Å². The SMILES string of the molecule is COc1cccc(-c2c(CO)nnn2-c2nc(C)cs2)c1. The number of methoxy groups -OCH3 is 1. The second-order valence-corrected chi connectivity index (χ2v) is 5.29. The van der Waals surface area contributed by atoms with Gasteiger partial charge in [0, 0.05) is 10.9 Å². The summed E-state index contributed by atoms with van der Waals surface area (Å²) in [5.41, 5.74) is 3.03. The van der Waals surface area contributed by atoms with E-state index in [-0.39, 0.29) is 6.61 Å². The van der Waals surface area contributed by atoms with Crippen LogP contribution in [0.1, 0.15) is 11.4 Å². The first-order chi connectivity index (χ1) is 10.2. The van der Waals surface area contributed by atoms with Gasteiger partial charge in [0.2, 0.25) is 5.13 Å². The molecule has 0 unspecified atom stereocenters. The number of aromatic nitrogens is 4. The van der Waals surface area contributed by atoms with Crippen molar-refractivity contribution in [2.75, 3.05) is 7.11 Å². The highest BCUT2D eigenvalue weighted by Gasteiger charge is 2.18. The minimum atomic E-state index is -0.184. The smallest absolute Gasteiger partial charge is 0.212 e. The Balaban J connectivity index is 2.17. The highest BCUT2D eigenvalue weighted by molar-refractivity contribution is 7.12. The summed E-state index contributed by atoms with van der Waals surface area (Å²) in [5, 5.41) is 20.3. The first-order valence-corrected chi connectivity index (χ1v) is 7.23.